The van der Waals surface area contributed by atoms with Crippen LogP contribution in [0.25, 0.3) is 11.1 Å². The molecule has 0 spiro atoms. The first-order valence-electron chi connectivity index (χ1n) is 5.00. The molecule has 0 aromatic heterocycles. The smallest absolute Gasteiger partial charge is 0.261 e. The van der Waals surface area contributed by atoms with Crippen LogP contribution in [-0.2, 0) is 10.1 Å². The van der Waals surface area contributed by atoms with Gasteiger partial charge in [-0.2, -0.15) is 8.42 Å². The minimum Gasteiger partial charge on any atom is -0.286 e. The van der Waals surface area contributed by atoms with Gasteiger partial charge in [-0.15, -0.1) is 24.0 Å². The molecular weight excluding hydrogens is 363 g/mol. The van der Waals surface area contributed by atoms with Crippen molar-refractivity contribution in [2.45, 2.75) is 0 Å². The molecule has 0 radical (unpaired) electrons. The molecule has 0 aliphatic rings. The van der Waals surface area contributed by atoms with E-state index in [1.165, 1.54) is 11.1 Å². The first-order valence-corrected chi connectivity index (χ1v) is 6.84. The van der Waals surface area contributed by atoms with Gasteiger partial charge in [-0.05, 0) is 11.1 Å². The maximum absolute atomic E-state index is 9.19. The van der Waals surface area contributed by atoms with Crippen molar-refractivity contribution in [2.75, 3.05) is 6.26 Å². The van der Waals surface area contributed by atoms with Gasteiger partial charge in [0.2, 0.25) is 0 Å². The van der Waals surface area contributed by atoms with Gasteiger partial charge < -0.3 is 0 Å². The normalized spacial score (nSPS) is 9.67. The van der Waals surface area contributed by atoms with Crippen LogP contribution in [0.2, 0.25) is 0 Å². The summed E-state index contributed by atoms with van der Waals surface area (Å²) in [6.45, 7) is 0. The molecule has 2 rings (SSSR count). The van der Waals surface area contributed by atoms with Crippen molar-refractivity contribution in [1.82, 2.24) is 0 Å². The van der Waals surface area contributed by atoms with Crippen LogP contribution in [0, 0.1) is 0 Å². The number of hydrogen-bond donors (Lipinski definition) is 1. The molecule has 2 aromatic rings. The zero-order valence-corrected chi connectivity index (χ0v) is 13.0. The molecule has 98 valence electrons. The van der Waals surface area contributed by atoms with Crippen LogP contribution in [0.1, 0.15) is 0 Å². The monoisotopic (exact) mass is 378 g/mol. The Hall–Kier alpha value is -0.920. The third-order valence-corrected chi connectivity index (χ3v) is 1.88. The van der Waals surface area contributed by atoms with Gasteiger partial charge in [0.05, 0.1) is 6.26 Å². The summed E-state index contributed by atoms with van der Waals surface area (Å²) in [5.41, 5.74) is 2.55. The Kier molecular flexibility index (Phi) is 7.81. The SMILES string of the molecule is CS(=O)(=O)O.I.c1ccc(-c2ccccc2)cc1. The topological polar surface area (TPSA) is 54.4 Å². The second-order valence-corrected chi connectivity index (χ2v) is 4.93. The maximum Gasteiger partial charge on any atom is 0.261 e. The third-order valence-electron chi connectivity index (χ3n) is 1.88. The molecule has 0 amide bonds. The summed E-state index contributed by atoms with van der Waals surface area (Å²) in [6.07, 6.45) is 0.715. The highest BCUT2D eigenvalue weighted by atomic mass is 127. The van der Waals surface area contributed by atoms with Crippen LogP contribution < -0.4 is 0 Å². The molecule has 5 heteroatoms. The van der Waals surface area contributed by atoms with Crippen molar-refractivity contribution in [3.63, 3.8) is 0 Å². The fraction of sp³-hybridized carbons (Fsp3) is 0.0769. The van der Waals surface area contributed by atoms with Crippen molar-refractivity contribution in [2.24, 2.45) is 0 Å². The fourth-order valence-electron chi connectivity index (χ4n) is 1.26. The van der Waals surface area contributed by atoms with Gasteiger partial charge in [-0.1, -0.05) is 60.7 Å². The zero-order chi connectivity index (χ0) is 12.7. The van der Waals surface area contributed by atoms with E-state index in [4.69, 9.17) is 4.55 Å². The standard InChI is InChI=1S/C12H10.CH4O3S.HI/c1-3-7-11(8-4-1)12-9-5-2-6-10-12;1-5(2,3)4;/h1-10H;1H3,(H,2,3,4);1H. The summed E-state index contributed by atoms with van der Waals surface area (Å²) >= 11 is 0. The van der Waals surface area contributed by atoms with Crippen molar-refractivity contribution < 1.29 is 13.0 Å². The van der Waals surface area contributed by atoms with E-state index in [1.54, 1.807) is 0 Å². The molecule has 0 fully saturated rings. The molecule has 0 saturated carbocycles. The molecule has 18 heavy (non-hydrogen) atoms. The van der Waals surface area contributed by atoms with Gasteiger partial charge in [0, 0.05) is 0 Å². The lowest BCUT2D eigenvalue weighted by Gasteiger charge is -1.98. The summed E-state index contributed by atoms with van der Waals surface area (Å²) in [5, 5.41) is 0. The Morgan fingerprint density at radius 2 is 1.00 bits per heavy atom. The number of rotatable bonds is 1. The van der Waals surface area contributed by atoms with E-state index in [2.05, 4.69) is 48.5 Å². The quantitative estimate of drug-likeness (QED) is 0.611. The second kappa shape index (κ2) is 8.23. The summed E-state index contributed by atoms with van der Waals surface area (Å²) in [6, 6.07) is 20.8. The molecule has 1 N–H and O–H groups in total. The van der Waals surface area contributed by atoms with Crippen LogP contribution >= 0.6 is 24.0 Å². The minimum absolute atomic E-state index is 0. The number of halogens is 1. The van der Waals surface area contributed by atoms with E-state index in [1.807, 2.05) is 12.1 Å². The summed E-state index contributed by atoms with van der Waals surface area (Å²) in [7, 11) is -3.67. The van der Waals surface area contributed by atoms with Crippen LogP contribution in [-0.4, -0.2) is 19.2 Å². The van der Waals surface area contributed by atoms with Gasteiger partial charge in [0.25, 0.3) is 10.1 Å². The molecule has 3 nitrogen and oxygen atoms in total. The van der Waals surface area contributed by atoms with Gasteiger partial charge in [-0.3, -0.25) is 4.55 Å². The molecule has 0 heterocycles. The highest BCUT2D eigenvalue weighted by molar-refractivity contribution is 14.0. The fourth-order valence-corrected chi connectivity index (χ4v) is 1.26. The molecule has 0 atom stereocenters. The third kappa shape index (κ3) is 8.21. The minimum atomic E-state index is -3.67. The second-order valence-electron chi connectivity index (χ2n) is 3.47. The first-order chi connectivity index (χ1) is 7.97. The van der Waals surface area contributed by atoms with Crippen molar-refractivity contribution in [3.8, 4) is 11.1 Å². The van der Waals surface area contributed by atoms with Gasteiger partial charge >= 0.3 is 0 Å². The number of benzene rings is 2. The maximum atomic E-state index is 9.19. The van der Waals surface area contributed by atoms with Crippen molar-refractivity contribution in [1.29, 1.82) is 0 Å². The Morgan fingerprint density at radius 1 is 0.778 bits per heavy atom. The zero-order valence-electron chi connectivity index (χ0n) is 9.85. The van der Waals surface area contributed by atoms with Gasteiger partial charge in [0.1, 0.15) is 0 Å². The molecule has 0 bridgehead atoms. The average molecular weight is 378 g/mol. The lowest BCUT2D eigenvalue weighted by Crippen LogP contribution is -1.88. The van der Waals surface area contributed by atoms with Gasteiger partial charge in [-0.25, -0.2) is 0 Å². The summed E-state index contributed by atoms with van der Waals surface area (Å²) in [5.74, 6) is 0. The van der Waals surface area contributed by atoms with Crippen LogP contribution in [0.15, 0.2) is 60.7 Å². The highest BCUT2D eigenvalue weighted by Crippen LogP contribution is 2.17. The Labute approximate surface area is 125 Å². The Bertz CT molecular complexity index is 493. The lowest BCUT2D eigenvalue weighted by molar-refractivity contribution is 0.490. The molecular formula is C13H15IO3S. The van der Waals surface area contributed by atoms with Crippen LogP contribution in [0.5, 0.6) is 0 Å². The molecule has 2 aromatic carbocycles. The molecule has 0 aliphatic carbocycles. The van der Waals surface area contributed by atoms with E-state index in [-0.39, 0.29) is 24.0 Å². The van der Waals surface area contributed by atoms with E-state index >= 15 is 0 Å². The predicted octanol–water partition coefficient (Wildman–Crippen LogP) is 3.48. The predicted molar refractivity (Wildman–Crippen MR) is 84.8 cm³/mol. The first kappa shape index (κ1) is 17.1. The number of hydrogen-bond acceptors (Lipinski definition) is 2. The van der Waals surface area contributed by atoms with E-state index in [0.717, 1.165) is 0 Å². The molecule has 0 saturated heterocycles. The van der Waals surface area contributed by atoms with E-state index in [9.17, 15) is 8.42 Å². The van der Waals surface area contributed by atoms with Crippen LogP contribution in [0.3, 0.4) is 0 Å². The molecule has 0 aliphatic heterocycles. The Morgan fingerprint density at radius 3 is 1.22 bits per heavy atom. The highest BCUT2D eigenvalue weighted by Gasteiger charge is 1.91. The average Bonchev–Trinajstić information content (AvgIpc) is 2.29. The van der Waals surface area contributed by atoms with E-state index < -0.39 is 10.1 Å². The summed E-state index contributed by atoms with van der Waals surface area (Å²) in [4.78, 5) is 0. The molecule has 0 unspecified atom stereocenters. The largest absolute Gasteiger partial charge is 0.286 e. The van der Waals surface area contributed by atoms with Gasteiger partial charge in [0.15, 0.2) is 0 Å². The lowest BCUT2D eigenvalue weighted by atomic mass is 10.1. The van der Waals surface area contributed by atoms with E-state index in [0.29, 0.717) is 6.26 Å². The van der Waals surface area contributed by atoms with Crippen LogP contribution in [0.4, 0.5) is 0 Å². The summed E-state index contributed by atoms with van der Waals surface area (Å²) < 4.78 is 25.9. The van der Waals surface area contributed by atoms with Crippen molar-refractivity contribution >= 4 is 34.1 Å². The van der Waals surface area contributed by atoms with Crippen molar-refractivity contribution in [3.05, 3.63) is 60.7 Å². The Balaban J connectivity index is 0.000000421.